The normalized spacial score (nSPS) is 11.1. The molecule has 0 bridgehead atoms. The third-order valence-corrected chi connectivity index (χ3v) is 3.24. The van der Waals surface area contributed by atoms with Gasteiger partial charge in [-0.2, -0.15) is 5.10 Å². The fraction of sp³-hybridized carbons (Fsp3) is 0.0625. The third kappa shape index (κ3) is 3.29. The number of hydrazone groups is 1. The maximum atomic E-state index is 11.9. The van der Waals surface area contributed by atoms with Crippen LogP contribution in [0.1, 0.15) is 5.56 Å². The molecule has 0 spiro atoms. The van der Waals surface area contributed by atoms with Gasteiger partial charge >= 0.3 is 0 Å². The molecular weight excluding hydrogens is 296 g/mol. The van der Waals surface area contributed by atoms with Gasteiger partial charge in [-0.25, -0.2) is 10.4 Å². The van der Waals surface area contributed by atoms with E-state index in [0.717, 1.165) is 11.0 Å². The van der Waals surface area contributed by atoms with Gasteiger partial charge in [-0.15, -0.1) is 0 Å². The number of amides is 1. The first-order valence-corrected chi connectivity index (χ1v) is 6.87. The number of carbonyl (C=O) groups is 1. The molecule has 1 heterocycles. The molecule has 3 N–H and O–H groups in total. The Morgan fingerprint density at radius 2 is 2.04 bits per heavy atom. The Morgan fingerprint density at radius 3 is 2.87 bits per heavy atom. The summed E-state index contributed by atoms with van der Waals surface area (Å²) >= 11 is 0. The van der Waals surface area contributed by atoms with Crippen molar-refractivity contribution in [3.8, 4) is 11.5 Å². The number of rotatable bonds is 4. The second kappa shape index (κ2) is 6.18. The SMILES string of the molecule is O=C(Cn1cnc2ccccc21)N/N=C/c1ccc(O)c(O)c1. The van der Waals surface area contributed by atoms with Crippen molar-refractivity contribution in [1.29, 1.82) is 0 Å². The summed E-state index contributed by atoms with van der Waals surface area (Å²) in [5, 5.41) is 22.4. The lowest BCUT2D eigenvalue weighted by atomic mass is 10.2. The first-order chi connectivity index (χ1) is 11.1. The summed E-state index contributed by atoms with van der Waals surface area (Å²) in [7, 11) is 0. The van der Waals surface area contributed by atoms with Crippen LogP contribution in [0.15, 0.2) is 53.9 Å². The standard InChI is InChI=1S/C16H14N4O3/c21-14-6-5-11(7-15(14)22)8-18-19-16(23)9-20-10-17-12-3-1-2-4-13(12)20/h1-8,10,21-22H,9H2,(H,19,23)/b18-8+. The van der Waals surface area contributed by atoms with E-state index < -0.39 is 0 Å². The number of phenolic OH excluding ortho intramolecular Hbond substituents is 2. The summed E-state index contributed by atoms with van der Waals surface area (Å²) < 4.78 is 1.73. The second-order valence-electron chi connectivity index (χ2n) is 4.90. The zero-order valence-corrected chi connectivity index (χ0v) is 12.0. The quantitative estimate of drug-likeness (QED) is 0.387. The molecule has 7 heteroatoms. The molecule has 0 fully saturated rings. The number of aromatic hydroxyl groups is 2. The van der Waals surface area contributed by atoms with Crippen LogP contribution < -0.4 is 5.43 Å². The summed E-state index contributed by atoms with van der Waals surface area (Å²) in [5.74, 6) is -0.754. The average Bonchev–Trinajstić information content (AvgIpc) is 2.94. The van der Waals surface area contributed by atoms with Gasteiger partial charge < -0.3 is 14.8 Å². The van der Waals surface area contributed by atoms with Crippen molar-refractivity contribution < 1.29 is 15.0 Å². The van der Waals surface area contributed by atoms with Crippen molar-refractivity contribution in [3.63, 3.8) is 0 Å². The number of nitrogens with one attached hydrogen (secondary N) is 1. The maximum absolute atomic E-state index is 11.9. The van der Waals surface area contributed by atoms with E-state index in [1.165, 1.54) is 18.3 Å². The number of carbonyl (C=O) groups excluding carboxylic acids is 1. The summed E-state index contributed by atoms with van der Waals surface area (Å²) in [6.45, 7) is 0.0959. The van der Waals surface area contributed by atoms with Gasteiger partial charge in [0.2, 0.25) is 0 Å². The van der Waals surface area contributed by atoms with E-state index in [9.17, 15) is 15.0 Å². The van der Waals surface area contributed by atoms with Gasteiger partial charge in [-0.05, 0) is 35.9 Å². The van der Waals surface area contributed by atoms with Crippen LogP contribution in [0.4, 0.5) is 0 Å². The number of phenols is 2. The predicted octanol–water partition coefficient (Wildman–Crippen LogP) is 1.60. The Balaban J connectivity index is 1.63. The summed E-state index contributed by atoms with van der Waals surface area (Å²) in [4.78, 5) is 16.1. The van der Waals surface area contributed by atoms with E-state index in [4.69, 9.17) is 0 Å². The number of hydrogen-bond acceptors (Lipinski definition) is 5. The van der Waals surface area contributed by atoms with Crippen molar-refractivity contribution in [2.45, 2.75) is 6.54 Å². The van der Waals surface area contributed by atoms with Crippen LogP contribution in [-0.4, -0.2) is 31.9 Å². The fourth-order valence-electron chi connectivity index (χ4n) is 2.13. The second-order valence-corrected chi connectivity index (χ2v) is 4.90. The molecule has 0 saturated carbocycles. The molecule has 2 aromatic carbocycles. The first-order valence-electron chi connectivity index (χ1n) is 6.87. The highest BCUT2D eigenvalue weighted by Crippen LogP contribution is 2.23. The molecule has 3 aromatic rings. The molecular formula is C16H14N4O3. The zero-order valence-electron chi connectivity index (χ0n) is 12.0. The lowest BCUT2D eigenvalue weighted by molar-refractivity contribution is -0.121. The molecule has 0 unspecified atom stereocenters. The largest absolute Gasteiger partial charge is 0.504 e. The topological polar surface area (TPSA) is 99.7 Å². The highest BCUT2D eigenvalue weighted by Gasteiger charge is 2.06. The third-order valence-electron chi connectivity index (χ3n) is 3.24. The Kier molecular flexibility index (Phi) is 3.92. The minimum atomic E-state index is -0.299. The monoisotopic (exact) mass is 310 g/mol. The number of benzene rings is 2. The molecule has 0 radical (unpaired) electrons. The van der Waals surface area contributed by atoms with Crippen LogP contribution in [0.5, 0.6) is 11.5 Å². The molecule has 7 nitrogen and oxygen atoms in total. The first kappa shape index (κ1) is 14.6. The van der Waals surface area contributed by atoms with Crippen LogP contribution in [0.2, 0.25) is 0 Å². The highest BCUT2D eigenvalue weighted by atomic mass is 16.3. The number of fused-ring (bicyclic) bond motifs is 1. The highest BCUT2D eigenvalue weighted by molar-refractivity contribution is 5.84. The molecule has 0 aliphatic heterocycles. The average molecular weight is 310 g/mol. The molecule has 0 atom stereocenters. The van der Waals surface area contributed by atoms with E-state index in [0.29, 0.717) is 5.56 Å². The maximum Gasteiger partial charge on any atom is 0.260 e. The predicted molar refractivity (Wildman–Crippen MR) is 85.2 cm³/mol. The molecule has 23 heavy (non-hydrogen) atoms. The van der Waals surface area contributed by atoms with Crippen molar-refractivity contribution >= 4 is 23.2 Å². The zero-order chi connectivity index (χ0) is 16.2. The van der Waals surface area contributed by atoms with E-state index in [1.54, 1.807) is 17.0 Å². The molecule has 3 rings (SSSR count). The van der Waals surface area contributed by atoms with E-state index in [1.807, 2.05) is 24.3 Å². The number of imidazole rings is 1. The van der Waals surface area contributed by atoms with Crippen molar-refractivity contribution in [3.05, 3.63) is 54.4 Å². The minimum absolute atomic E-state index is 0.0959. The van der Waals surface area contributed by atoms with Crippen molar-refractivity contribution in [1.82, 2.24) is 15.0 Å². The van der Waals surface area contributed by atoms with Crippen LogP contribution in [0, 0.1) is 0 Å². The van der Waals surface area contributed by atoms with Gasteiger partial charge in [0.05, 0.1) is 23.6 Å². The van der Waals surface area contributed by atoms with Gasteiger partial charge in [0.1, 0.15) is 6.54 Å². The Hall–Kier alpha value is -3.35. The van der Waals surface area contributed by atoms with Gasteiger partial charge in [0.25, 0.3) is 5.91 Å². The van der Waals surface area contributed by atoms with Gasteiger partial charge in [-0.1, -0.05) is 12.1 Å². The number of nitrogens with zero attached hydrogens (tertiary/aromatic N) is 3. The van der Waals surface area contributed by atoms with Gasteiger partial charge in [0.15, 0.2) is 11.5 Å². The van der Waals surface area contributed by atoms with Crippen LogP contribution in [-0.2, 0) is 11.3 Å². The Labute approximate surface area is 131 Å². The molecule has 0 aliphatic rings. The molecule has 1 aromatic heterocycles. The fourth-order valence-corrected chi connectivity index (χ4v) is 2.13. The van der Waals surface area contributed by atoms with Gasteiger partial charge in [0, 0.05) is 0 Å². The summed E-state index contributed by atoms with van der Waals surface area (Å²) in [5.41, 5.74) is 4.65. The smallest absolute Gasteiger partial charge is 0.260 e. The number of aromatic nitrogens is 2. The lowest BCUT2D eigenvalue weighted by Gasteiger charge is -2.03. The van der Waals surface area contributed by atoms with Gasteiger partial charge in [-0.3, -0.25) is 4.79 Å². The number of hydrogen-bond donors (Lipinski definition) is 3. The molecule has 1 amide bonds. The Morgan fingerprint density at radius 1 is 1.22 bits per heavy atom. The number of para-hydroxylation sites is 2. The molecule has 0 saturated heterocycles. The minimum Gasteiger partial charge on any atom is -0.504 e. The molecule has 116 valence electrons. The van der Waals surface area contributed by atoms with E-state index in [-0.39, 0.29) is 24.0 Å². The Bertz CT molecular complexity index is 886. The van der Waals surface area contributed by atoms with E-state index >= 15 is 0 Å². The summed E-state index contributed by atoms with van der Waals surface area (Å²) in [6.07, 6.45) is 2.98. The van der Waals surface area contributed by atoms with Crippen molar-refractivity contribution in [2.24, 2.45) is 5.10 Å². The summed E-state index contributed by atoms with van der Waals surface area (Å²) in [6, 6.07) is 11.8. The van der Waals surface area contributed by atoms with E-state index in [2.05, 4.69) is 15.5 Å². The van der Waals surface area contributed by atoms with Crippen molar-refractivity contribution in [2.75, 3.05) is 0 Å². The lowest BCUT2D eigenvalue weighted by Crippen LogP contribution is -2.22. The van der Waals surface area contributed by atoms with Crippen LogP contribution >= 0.6 is 0 Å². The van der Waals surface area contributed by atoms with Crippen LogP contribution in [0.25, 0.3) is 11.0 Å². The molecule has 0 aliphatic carbocycles. The van der Waals surface area contributed by atoms with Crippen LogP contribution in [0.3, 0.4) is 0 Å².